The molecule has 0 aliphatic carbocycles. The molecule has 17 heavy (non-hydrogen) atoms. The first-order valence-corrected chi connectivity index (χ1v) is 5.84. The molecule has 1 unspecified atom stereocenters. The van der Waals surface area contributed by atoms with Crippen molar-refractivity contribution in [2.45, 2.75) is 18.9 Å². The summed E-state index contributed by atoms with van der Waals surface area (Å²) in [6.07, 6.45) is 0.537. The van der Waals surface area contributed by atoms with Gasteiger partial charge in [-0.2, -0.15) is 0 Å². The van der Waals surface area contributed by atoms with E-state index in [4.69, 9.17) is 5.73 Å². The first kappa shape index (κ1) is 13.9. The van der Waals surface area contributed by atoms with Crippen molar-refractivity contribution >= 4 is 11.9 Å². The highest BCUT2D eigenvalue weighted by Crippen LogP contribution is 2.05. The molecule has 0 aromatic rings. The van der Waals surface area contributed by atoms with E-state index in [0.29, 0.717) is 19.5 Å². The van der Waals surface area contributed by atoms with Crippen LogP contribution < -0.4 is 5.73 Å². The molecule has 1 rings (SSSR count). The SMILES string of the molecule is COC(=O)CCC(N)C(=O)N1CCN(C)CC1. The fraction of sp³-hybridized carbons (Fsp3) is 0.818. The summed E-state index contributed by atoms with van der Waals surface area (Å²) in [4.78, 5) is 26.8. The lowest BCUT2D eigenvalue weighted by Crippen LogP contribution is -2.52. The summed E-state index contributed by atoms with van der Waals surface area (Å²) >= 11 is 0. The zero-order valence-electron chi connectivity index (χ0n) is 10.5. The summed E-state index contributed by atoms with van der Waals surface area (Å²) < 4.78 is 4.51. The van der Waals surface area contributed by atoms with Gasteiger partial charge in [0.15, 0.2) is 0 Å². The molecule has 6 nitrogen and oxygen atoms in total. The number of hydrogen-bond acceptors (Lipinski definition) is 5. The number of carbonyl (C=O) groups excluding carboxylic acids is 2. The Bertz CT molecular complexity index is 275. The third-order valence-corrected chi connectivity index (χ3v) is 3.02. The highest BCUT2D eigenvalue weighted by atomic mass is 16.5. The number of likely N-dealkylation sites (N-methyl/N-ethyl adjacent to an activating group) is 1. The Morgan fingerprint density at radius 2 is 1.88 bits per heavy atom. The molecule has 1 aliphatic heterocycles. The molecule has 1 aliphatic rings. The average Bonchev–Trinajstić information content (AvgIpc) is 2.35. The zero-order chi connectivity index (χ0) is 12.8. The Hall–Kier alpha value is -1.14. The third kappa shape index (κ3) is 4.32. The maximum atomic E-state index is 11.9. The summed E-state index contributed by atoms with van der Waals surface area (Å²) in [7, 11) is 3.36. The molecular weight excluding hydrogens is 222 g/mol. The molecule has 0 bridgehead atoms. The van der Waals surface area contributed by atoms with Crippen LogP contribution in [-0.4, -0.2) is 68.1 Å². The van der Waals surface area contributed by atoms with Gasteiger partial charge in [-0.3, -0.25) is 9.59 Å². The highest BCUT2D eigenvalue weighted by Gasteiger charge is 2.24. The predicted octanol–water partition coefficient (Wildman–Crippen LogP) is -0.959. The normalized spacial score (nSPS) is 18.9. The number of esters is 1. The molecule has 0 spiro atoms. The molecule has 98 valence electrons. The largest absolute Gasteiger partial charge is 0.469 e. The summed E-state index contributed by atoms with van der Waals surface area (Å²) in [5.74, 6) is -0.395. The van der Waals surface area contributed by atoms with Crippen LogP contribution in [0.1, 0.15) is 12.8 Å². The number of nitrogens with zero attached hydrogens (tertiary/aromatic N) is 2. The van der Waals surface area contributed by atoms with Crippen LogP contribution in [0.4, 0.5) is 0 Å². The van der Waals surface area contributed by atoms with Crippen molar-refractivity contribution in [2.24, 2.45) is 5.73 Å². The molecule has 6 heteroatoms. The van der Waals surface area contributed by atoms with Crippen LogP contribution in [0.25, 0.3) is 0 Å². The fourth-order valence-corrected chi connectivity index (χ4v) is 1.76. The Balaban J connectivity index is 2.33. The molecule has 1 fully saturated rings. The van der Waals surface area contributed by atoms with Crippen LogP contribution in [0.3, 0.4) is 0 Å². The number of ether oxygens (including phenoxy) is 1. The van der Waals surface area contributed by atoms with Gasteiger partial charge < -0.3 is 20.3 Å². The fourth-order valence-electron chi connectivity index (χ4n) is 1.76. The lowest BCUT2D eigenvalue weighted by atomic mass is 10.1. The molecule has 1 atom stereocenters. The molecule has 0 saturated carbocycles. The number of carbonyl (C=O) groups is 2. The van der Waals surface area contributed by atoms with Gasteiger partial charge in [0.25, 0.3) is 0 Å². The van der Waals surface area contributed by atoms with E-state index in [1.165, 1.54) is 7.11 Å². The maximum Gasteiger partial charge on any atom is 0.305 e. The Kier molecular flexibility index (Phi) is 5.37. The Morgan fingerprint density at radius 3 is 2.41 bits per heavy atom. The molecule has 1 amide bonds. The molecule has 0 aromatic heterocycles. The third-order valence-electron chi connectivity index (χ3n) is 3.02. The maximum absolute atomic E-state index is 11.9. The van der Waals surface area contributed by atoms with Crippen molar-refractivity contribution in [3.63, 3.8) is 0 Å². The van der Waals surface area contributed by atoms with Gasteiger partial charge >= 0.3 is 5.97 Å². The number of amides is 1. The van der Waals surface area contributed by atoms with Gasteiger partial charge in [0.2, 0.25) is 5.91 Å². The lowest BCUT2D eigenvalue weighted by Gasteiger charge is -2.33. The van der Waals surface area contributed by atoms with Gasteiger partial charge in [0.05, 0.1) is 13.2 Å². The molecule has 0 aromatic carbocycles. The van der Waals surface area contributed by atoms with Crippen LogP contribution >= 0.6 is 0 Å². The summed E-state index contributed by atoms with van der Waals surface area (Å²) in [6.45, 7) is 3.16. The number of methoxy groups -OCH3 is 1. The highest BCUT2D eigenvalue weighted by molar-refractivity contribution is 5.82. The quantitative estimate of drug-likeness (QED) is 0.644. The van der Waals surface area contributed by atoms with E-state index < -0.39 is 6.04 Å². The van der Waals surface area contributed by atoms with Crippen LogP contribution in [0, 0.1) is 0 Å². The smallest absolute Gasteiger partial charge is 0.305 e. The van der Waals surface area contributed by atoms with Crippen LogP contribution in [0.5, 0.6) is 0 Å². The molecule has 2 N–H and O–H groups in total. The van der Waals surface area contributed by atoms with Crippen LogP contribution in [0.15, 0.2) is 0 Å². The van der Waals surface area contributed by atoms with E-state index in [0.717, 1.165) is 13.1 Å². The van der Waals surface area contributed by atoms with Crippen molar-refractivity contribution in [1.82, 2.24) is 9.80 Å². The Morgan fingerprint density at radius 1 is 1.29 bits per heavy atom. The first-order valence-electron chi connectivity index (χ1n) is 5.84. The van der Waals surface area contributed by atoms with Gasteiger partial charge in [-0.1, -0.05) is 0 Å². The number of nitrogens with two attached hydrogens (primary N) is 1. The van der Waals surface area contributed by atoms with Crippen LogP contribution in [-0.2, 0) is 14.3 Å². The van der Waals surface area contributed by atoms with E-state index in [2.05, 4.69) is 9.64 Å². The van der Waals surface area contributed by atoms with Crippen molar-refractivity contribution in [2.75, 3.05) is 40.3 Å². The molecular formula is C11H21N3O3. The number of hydrogen-bond donors (Lipinski definition) is 1. The summed E-state index contributed by atoms with van der Waals surface area (Å²) in [6, 6.07) is -0.600. The summed E-state index contributed by atoms with van der Waals surface area (Å²) in [5.41, 5.74) is 5.77. The first-order chi connectivity index (χ1) is 8.04. The second-order valence-electron chi connectivity index (χ2n) is 4.35. The topological polar surface area (TPSA) is 75.9 Å². The van der Waals surface area contributed by atoms with Crippen LogP contribution in [0.2, 0.25) is 0 Å². The van der Waals surface area contributed by atoms with Gasteiger partial charge in [0.1, 0.15) is 0 Å². The van der Waals surface area contributed by atoms with Crippen molar-refractivity contribution in [1.29, 1.82) is 0 Å². The van der Waals surface area contributed by atoms with Gasteiger partial charge in [-0.05, 0) is 13.5 Å². The predicted molar refractivity (Wildman–Crippen MR) is 63.3 cm³/mol. The minimum atomic E-state index is -0.600. The van der Waals surface area contributed by atoms with Crippen molar-refractivity contribution in [3.05, 3.63) is 0 Å². The zero-order valence-corrected chi connectivity index (χ0v) is 10.5. The van der Waals surface area contributed by atoms with E-state index in [1.807, 2.05) is 7.05 Å². The van der Waals surface area contributed by atoms with E-state index in [9.17, 15) is 9.59 Å². The van der Waals surface area contributed by atoms with Crippen molar-refractivity contribution < 1.29 is 14.3 Å². The van der Waals surface area contributed by atoms with Gasteiger partial charge in [-0.25, -0.2) is 0 Å². The Labute approximate surface area is 102 Å². The minimum absolute atomic E-state index is 0.0676. The van der Waals surface area contributed by atoms with E-state index in [1.54, 1.807) is 4.90 Å². The van der Waals surface area contributed by atoms with Gasteiger partial charge in [-0.15, -0.1) is 0 Å². The number of rotatable bonds is 4. The monoisotopic (exact) mass is 243 g/mol. The average molecular weight is 243 g/mol. The lowest BCUT2D eigenvalue weighted by molar-refractivity contribution is -0.141. The van der Waals surface area contributed by atoms with E-state index in [-0.39, 0.29) is 18.3 Å². The molecule has 1 heterocycles. The standard InChI is InChI=1S/C11H21N3O3/c1-13-5-7-14(8-6-13)11(16)9(12)3-4-10(15)17-2/h9H,3-8,12H2,1-2H3. The van der Waals surface area contributed by atoms with Gasteiger partial charge in [0, 0.05) is 32.6 Å². The minimum Gasteiger partial charge on any atom is -0.469 e. The second-order valence-corrected chi connectivity index (χ2v) is 4.35. The van der Waals surface area contributed by atoms with Crippen molar-refractivity contribution in [3.8, 4) is 0 Å². The molecule has 1 saturated heterocycles. The second kappa shape index (κ2) is 6.56. The molecule has 0 radical (unpaired) electrons. The number of piperazine rings is 1. The summed E-state index contributed by atoms with van der Waals surface area (Å²) in [5, 5.41) is 0. The van der Waals surface area contributed by atoms with E-state index >= 15 is 0 Å².